The van der Waals surface area contributed by atoms with Crippen LogP contribution in [0.15, 0.2) is 47.4 Å². The van der Waals surface area contributed by atoms with Gasteiger partial charge in [-0.15, -0.1) is 0 Å². The van der Waals surface area contributed by atoms with Crippen molar-refractivity contribution < 1.29 is 36.6 Å². The highest BCUT2D eigenvalue weighted by Crippen LogP contribution is 2.29. The van der Waals surface area contributed by atoms with Gasteiger partial charge in [-0.1, -0.05) is 26.0 Å². The van der Waals surface area contributed by atoms with E-state index >= 15 is 0 Å². The number of carbonyl (C=O) groups excluding carboxylic acids is 2. The van der Waals surface area contributed by atoms with E-state index in [2.05, 4.69) is 10.0 Å². The number of methoxy groups -OCH3 is 2. The molecule has 2 N–H and O–H groups in total. The summed E-state index contributed by atoms with van der Waals surface area (Å²) in [7, 11) is -1.47. The first kappa shape index (κ1) is 26.1. The lowest BCUT2D eigenvalue weighted by Crippen LogP contribution is -2.47. The lowest BCUT2D eigenvalue weighted by Gasteiger charge is -2.23. The summed E-state index contributed by atoms with van der Waals surface area (Å²) in [6.07, 6.45) is -1.27. The summed E-state index contributed by atoms with van der Waals surface area (Å²) in [5, 5.41) is 2.58. The molecule has 1 amide bonds. The molecule has 2 atom stereocenters. The monoisotopic (exact) mass is 482 g/mol. The summed E-state index contributed by atoms with van der Waals surface area (Å²) in [5.74, 6) is -2.33. The molecular weight excluding hydrogens is 455 g/mol. The number of esters is 1. The van der Waals surface area contributed by atoms with Gasteiger partial charge in [0.1, 0.15) is 28.3 Å². The maximum absolute atomic E-state index is 14.0. The van der Waals surface area contributed by atoms with Crippen LogP contribution in [-0.2, 0) is 24.3 Å². The topological polar surface area (TPSA) is 120 Å². The minimum absolute atomic E-state index is 0.297. The highest BCUT2D eigenvalue weighted by atomic mass is 32.2. The number of ether oxygens (including phenoxy) is 3. The number of hydrogen-bond donors (Lipinski definition) is 2. The summed E-state index contributed by atoms with van der Waals surface area (Å²) < 4.78 is 56.9. The van der Waals surface area contributed by atoms with Gasteiger partial charge in [0.25, 0.3) is 5.91 Å². The fourth-order valence-corrected chi connectivity index (χ4v) is 4.21. The molecule has 33 heavy (non-hydrogen) atoms. The largest absolute Gasteiger partial charge is 0.497 e. The predicted octanol–water partition coefficient (Wildman–Crippen LogP) is 2.72. The van der Waals surface area contributed by atoms with E-state index in [9.17, 15) is 22.4 Å². The van der Waals surface area contributed by atoms with E-state index in [1.54, 1.807) is 26.0 Å². The number of benzene rings is 2. The van der Waals surface area contributed by atoms with Gasteiger partial charge >= 0.3 is 5.97 Å². The molecule has 0 saturated carbocycles. The third-order valence-corrected chi connectivity index (χ3v) is 6.13. The predicted molar refractivity (Wildman–Crippen MR) is 119 cm³/mol. The molecule has 0 fully saturated rings. The van der Waals surface area contributed by atoms with E-state index in [0.29, 0.717) is 17.2 Å². The van der Waals surface area contributed by atoms with Gasteiger partial charge in [-0.05, 0) is 37.1 Å². The highest BCUT2D eigenvalue weighted by Gasteiger charge is 2.33. The van der Waals surface area contributed by atoms with Crippen molar-refractivity contribution in [3.63, 3.8) is 0 Å². The number of hydrogen-bond acceptors (Lipinski definition) is 7. The molecule has 1 unspecified atom stereocenters. The Balaban J connectivity index is 2.14. The molecule has 0 bridgehead atoms. The van der Waals surface area contributed by atoms with Gasteiger partial charge in [0.05, 0.1) is 19.9 Å². The summed E-state index contributed by atoms with van der Waals surface area (Å²) in [6.45, 7) is 4.51. The smallest absolute Gasteiger partial charge is 0.325 e. The van der Waals surface area contributed by atoms with E-state index in [0.717, 1.165) is 12.1 Å². The Morgan fingerprint density at radius 3 is 2.24 bits per heavy atom. The molecule has 2 rings (SSSR count). The Bertz CT molecular complexity index is 1110. The third kappa shape index (κ3) is 6.65. The molecule has 11 heteroatoms. The molecular formula is C22H27FN2O7S. The average Bonchev–Trinajstić information content (AvgIpc) is 2.77. The van der Waals surface area contributed by atoms with Crippen LogP contribution in [0.3, 0.4) is 0 Å². The zero-order valence-electron chi connectivity index (χ0n) is 18.9. The van der Waals surface area contributed by atoms with Crippen molar-refractivity contribution in [2.24, 2.45) is 5.92 Å². The second-order valence-electron chi connectivity index (χ2n) is 7.41. The second-order valence-corrected chi connectivity index (χ2v) is 9.09. The first-order valence-corrected chi connectivity index (χ1v) is 11.5. The Labute approximate surface area is 192 Å². The number of halogens is 1. The molecule has 0 radical (unpaired) electrons. The van der Waals surface area contributed by atoms with Crippen molar-refractivity contribution >= 4 is 27.6 Å². The van der Waals surface area contributed by atoms with E-state index in [1.807, 2.05) is 0 Å². The molecule has 0 aromatic heterocycles. The molecule has 0 aliphatic heterocycles. The van der Waals surface area contributed by atoms with Gasteiger partial charge in [0.15, 0.2) is 6.10 Å². The zero-order chi connectivity index (χ0) is 24.8. The van der Waals surface area contributed by atoms with E-state index < -0.39 is 50.7 Å². The van der Waals surface area contributed by atoms with Crippen molar-refractivity contribution in [2.45, 2.75) is 37.8 Å². The van der Waals surface area contributed by atoms with Crippen molar-refractivity contribution in [3.8, 4) is 11.5 Å². The normalized spacial score (nSPS) is 13.2. The standard InChI is InChI=1S/C22H27FN2O7S/c1-13(2)20(25-33(28,29)19-9-7-6-8-16(19)23)22(27)32-14(3)21(26)24-17-12-15(30-4)10-11-18(17)31-5/h6-14,20,25H,1-5H3,(H,24,26)/t14?,20-/m0/s1. The van der Waals surface area contributed by atoms with Gasteiger partial charge in [-0.2, -0.15) is 4.72 Å². The number of rotatable bonds is 10. The number of carbonyl (C=O) groups is 2. The van der Waals surface area contributed by atoms with Crippen molar-refractivity contribution in [2.75, 3.05) is 19.5 Å². The van der Waals surface area contributed by atoms with Crippen LogP contribution in [0.5, 0.6) is 11.5 Å². The molecule has 9 nitrogen and oxygen atoms in total. The van der Waals surface area contributed by atoms with Gasteiger partial charge in [0, 0.05) is 6.07 Å². The first-order chi connectivity index (χ1) is 15.5. The lowest BCUT2D eigenvalue weighted by molar-refractivity contribution is -0.155. The second kappa shape index (κ2) is 11.1. The molecule has 2 aromatic rings. The van der Waals surface area contributed by atoms with E-state index in [1.165, 1.54) is 39.3 Å². The van der Waals surface area contributed by atoms with Gasteiger partial charge in [0.2, 0.25) is 10.0 Å². The highest BCUT2D eigenvalue weighted by molar-refractivity contribution is 7.89. The Hall–Kier alpha value is -3.18. The Morgan fingerprint density at radius 2 is 1.67 bits per heavy atom. The first-order valence-electron chi connectivity index (χ1n) is 10.0. The van der Waals surface area contributed by atoms with Crippen molar-refractivity contribution in [1.29, 1.82) is 0 Å². The molecule has 180 valence electrons. The summed E-state index contributed by atoms with van der Waals surface area (Å²) in [4.78, 5) is 24.7. The van der Waals surface area contributed by atoms with E-state index in [4.69, 9.17) is 14.2 Å². The van der Waals surface area contributed by atoms with Crippen LogP contribution >= 0.6 is 0 Å². The van der Waals surface area contributed by atoms with Crippen molar-refractivity contribution in [1.82, 2.24) is 4.72 Å². The SMILES string of the molecule is COc1ccc(OC)c(NC(=O)C(C)OC(=O)[C@@H](NS(=O)(=O)c2ccccc2F)C(C)C)c1. The Kier molecular flexibility index (Phi) is 8.77. The summed E-state index contributed by atoms with van der Waals surface area (Å²) in [5.41, 5.74) is 0.297. The fraction of sp³-hybridized carbons (Fsp3) is 0.364. The van der Waals surface area contributed by atoms with Gasteiger partial charge in [-0.25, -0.2) is 12.8 Å². The molecule has 2 aromatic carbocycles. The van der Waals surface area contributed by atoms with Crippen LogP contribution in [0, 0.1) is 11.7 Å². The zero-order valence-corrected chi connectivity index (χ0v) is 19.7. The van der Waals surface area contributed by atoms with Gasteiger partial charge < -0.3 is 19.5 Å². The van der Waals surface area contributed by atoms with Crippen LogP contribution in [-0.4, -0.2) is 46.7 Å². The molecule has 0 aliphatic rings. The van der Waals surface area contributed by atoms with Crippen LogP contribution in [0.1, 0.15) is 20.8 Å². The third-order valence-electron chi connectivity index (χ3n) is 4.66. The van der Waals surface area contributed by atoms with Gasteiger partial charge in [-0.3, -0.25) is 9.59 Å². The summed E-state index contributed by atoms with van der Waals surface area (Å²) in [6, 6.07) is 8.21. The van der Waals surface area contributed by atoms with Crippen LogP contribution < -0.4 is 19.5 Å². The molecule has 0 spiro atoms. The number of sulfonamides is 1. The molecule has 0 aliphatic carbocycles. The quantitative estimate of drug-likeness (QED) is 0.500. The number of nitrogens with one attached hydrogen (secondary N) is 2. The fourth-order valence-electron chi connectivity index (χ4n) is 2.80. The average molecular weight is 483 g/mol. The lowest BCUT2D eigenvalue weighted by atomic mass is 10.1. The van der Waals surface area contributed by atoms with Crippen molar-refractivity contribution in [3.05, 3.63) is 48.3 Å². The van der Waals surface area contributed by atoms with Crippen LogP contribution in [0.25, 0.3) is 0 Å². The molecule has 0 heterocycles. The minimum Gasteiger partial charge on any atom is -0.497 e. The maximum Gasteiger partial charge on any atom is 0.325 e. The van der Waals surface area contributed by atoms with Crippen LogP contribution in [0.2, 0.25) is 0 Å². The summed E-state index contributed by atoms with van der Waals surface area (Å²) >= 11 is 0. The maximum atomic E-state index is 14.0. The molecule has 0 saturated heterocycles. The number of amides is 1. The van der Waals surface area contributed by atoms with Crippen LogP contribution in [0.4, 0.5) is 10.1 Å². The Morgan fingerprint density at radius 1 is 1.00 bits per heavy atom. The number of anilines is 1. The van der Waals surface area contributed by atoms with E-state index in [-0.39, 0.29) is 0 Å². The minimum atomic E-state index is -4.36.